The van der Waals surface area contributed by atoms with Crippen LogP contribution >= 0.6 is 0 Å². The number of nitrogens with one attached hydrogen (secondary N) is 1. The molecule has 14 heteroatoms. The normalized spacial score (nSPS) is 30.1. The van der Waals surface area contributed by atoms with Crippen LogP contribution in [0.15, 0.2) is 15.8 Å². The molecule has 1 aliphatic heterocycles. The van der Waals surface area contributed by atoms with Crippen LogP contribution in [0.25, 0.3) is 0 Å². The highest BCUT2D eigenvalue weighted by atomic mass is 19.2. The van der Waals surface area contributed by atoms with E-state index in [1.807, 2.05) is 10.9 Å². The summed E-state index contributed by atoms with van der Waals surface area (Å²) in [6.45, 7) is 3.33. The van der Waals surface area contributed by atoms with Gasteiger partial charge in [-0.05, 0) is 5.92 Å². The molecule has 0 unspecified atom stereocenters. The monoisotopic (exact) mass is 421 g/mol. The number of ether oxygens (including phenoxy) is 2. The summed E-state index contributed by atoms with van der Waals surface area (Å²) in [4.78, 5) is 38.2. The molecule has 160 valence electrons. The van der Waals surface area contributed by atoms with Crippen molar-refractivity contribution in [1.29, 1.82) is 0 Å². The van der Waals surface area contributed by atoms with E-state index in [1.165, 1.54) is 0 Å². The Balaban J connectivity index is 2.52. The smallest absolute Gasteiger partial charge is 0.330 e. The van der Waals surface area contributed by atoms with Gasteiger partial charge in [0.2, 0.25) is 0 Å². The van der Waals surface area contributed by atoms with Gasteiger partial charge in [0, 0.05) is 6.20 Å². The fourth-order valence-electron chi connectivity index (χ4n) is 3.15. The zero-order chi connectivity index (χ0) is 23.2. The first-order valence-corrected chi connectivity index (χ1v) is 9.19. The Labute approximate surface area is 174 Å². The average molecular weight is 421 g/mol. The maximum absolute atomic E-state index is 16.0. The minimum atomic E-state index is -3.15. The SMILES string of the molecule is BC(B)(OC(=O)[C@@H](N)C(C)C)[C@@]1(F)O[C@@](B)(n2cc(C#C)c(=O)[nH]c2=O)[C@H](O)[C@@H]1O. The Bertz CT molecular complexity index is 1010. The summed E-state index contributed by atoms with van der Waals surface area (Å²) in [6, 6.07) is -1.07. The number of nitrogens with two attached hydrogens (primary N) is 1. The molecule has 1 aromatic rings. The number of aliphatic hydroxyl groups is 2. The molecule has 2 rings (SSSR count). The number of carbonyl (C=O) groups excluding carboxylic acids is 1. The number of aromatic amines is 1. The molecule has 1 aliphatic rings. The van der Waals surface area contributed by atoms with Crippen LogP contribution in [0, 0.1) is 18.3 Å². The lowest BCUT2D eigenvalue weighted by Gasteiger charge is -2.40. The molecule has 5 atom stereocenters. The fraction of sp³-hybridized carbons (Fsp3) is 0.562. The average Bonchev–Trinajstić information content (AvgIpc) is 2.82. The van der Waals surface area contributed by atoms with Crippen molar-refractivity contribution in [2.24, 2.45) is 11.7 Å². The van der Waals surface area contributed by atoms with Gasteiger partial charge in [-0.2, -0.15) is 0 Å². The standard InChI is InChI=1S/C16H23B3FN3O7/c1-4-7-5-23(13(28)22-11(7)26)15(17)10(25)9(24)14(20,30-15)16(18,19)29-12(27)8(21)6(2)3/h1,5-6,8-10,24-25H,17-19,21H2,2-3H3,(H,22,26,28)/t8-,9-,10+,14-,15-/m0/s1. The van der Waals surface area contributed by atoms with Crippen molar-refractivity contribution in [2.75, 3.05) is 0 Å². The Morgan fingerprint density at radius 1 is 1.47 bits per heavy atom. The van der Waals surface area contributed by atoms with E-state index in [1.54, 1.807) is 13.8 Å². The van der Waals surface area contributed by atoms with Crippen molar-refractivity contribution in [3.05, 3.63) is 32.6 Å². The van der Waals surface area contributed by atoms with E-state index < -0.39 is 52.3 Å². The van der Waals surface area contributed by atoms with Gasteiger partial charge in [-0.1, -0.05) is 19.8 Å². The van der Waals surface area contributed by atoms with Gasteiger partial charge in [0.25, 0.3) is 11.4 Å². The Kier molecular flexibility index (Phi) is 6.18. The predicted molar refractivity (Wildman–Crippen MR) is 111 cm³/mol. The second-order valence-corrected chi connectivity index (χ2v) is 8.21. The summed E-state index contributed by atoms with van der Waals surface area (Å²) in [5.41, 5.74) is 1.32. The van der Waals surface area contributed by atoms with Crippen LogP contribution in [0.3, 0.4) is 0 Å². The van der Waals surface area contributed by atoms with Crippen LogP contribution in [-0.4, -0.2) is 78.8 Å². The van der Waals surface area contributed by atoms with Crippen molar-refractivity contribution >= 4 is 29.5 Å². The van der Waals surface area contributed by atoms with E-state index in [4.69, 9.17) is 21.6 Å². The maximum atomic E-state index is 16.0. The highest BCUT2D eigenvalue weighted by molar-refractivity contribution is 6.40. The molecule has 2 heterocycles. The molecule has 0 radical (unpaired) electrons. The minimum absolute atomic E-state index is 0.286. The summed E-state index contributed by atoms with van der Waals surface area (Å²) in [5.74, 6) is -2.36. The third-order valence-corrected chi connectivity index (χ3v) is 5.33. The van der Waals surface area contributed by atoms with Crippen LogP contribution in [0.4, 0.5) is 4.39 Å². The molecule has 0 amide bonds. The van der Waals surface area contributed by atoms with Gasteiger partial charge < -0.3 is 25.4 Å². The van der Waals surface area contributed by atoms with Crippen LogP contribution in [0.5, 0.6) is 0 Å². The molecular weight excluding hydrogens is 398 g/mol. The first-order chi connectivity index (χ1) is 13.6. The summed E-state index contributed by atoms with van der Waals surface area (Å²) in [5, 5.41) is 18.9. The molecule has 0 saturated carbocycles. The number of aliphatic hydroxyl groups excluding tert-OH is 2. The Morgan fingerprint density at radius 3 is 2.53 bits per heavy atom. The van der Waals surface area contributed by atoms with E-state index >= 15 is 4.39 Å². The third-order valence-electron chi connectivity index (χ3n) is 5.33. The van der Waals surface area contributed by atoms with Crippen LogP contribution in [0.2, 0.25) is 0 Å². The molecule has 0 aliphatic carbocycles. The highest BCUT2D eigenvalue weighted by Crippen LogP contribution is 2.45. The lowest BCUT2D eigenvalue weighted by Crippen LogP contribution is -2.62. The molecule has 0 spiro atoms. The number of carbonyl (C=O) groups is 1. The van der Waals surface area contributed by atoms with Crippen molar-refractivity contribution in [3.63, 3.8) is 0 Å². The lowest BCUT2D eigenvalue weighted by molar-refractivity contribution is -0.250. The third kappa shape index (κ3) is 3.62. The van der Waals surface area contributed by atoms with Gasteiger partial charge in [-0.3, -0.25) is 19.1 Å². The number of halogens is 1. The first kappa shape index (κ1) is 23.9. The second-order valence-electron chi connectivity index (χ2n) is 8.21. The summed E-state index contributed by atoms with van der Waals surface area (Å²) in [7, 11) is 3.37. The molecule has 5 N–H and O–H groups in total. The summed E-state index contributed by atoms with van der Waals surface area (Å²) < 4.78 is 27.2. The van der Waals surface area contributed by atoms with Gasteiger partial charge in [-0.25, -0.2) is 9.18 Å². The molecular formula is C16H23B3FN3O7. The largest absolute Gasteiger partial charge is 0.471 e. The number of hydrogen-bond donors (Lipinski definition) is 4. The zero-order valence-corrected chi connectivity index (χ0v) is 17.3. The number of hydrogen-bond acceptors (Lipinski definition) is 8. The first-order valence-electron chi connectivity index (χ1n) is 9.19. The lowest BCUT2D eigenvalue weighted by atomic mass is 9.59. The number of rotatable bonds is 5. The number of aromatic nitrogens is 2. The fourth-order valence-corrected chi connectivity index (χ4v) is 3.15. The Hall–Kier alpha value is -2.33. The molecule has 10 nitrogen and oxygen atoms in total. The zero-order valence-electron chi connectivity index (χ0n) is 17.3. The quantitative estimate of drug-likeness (QED) is 0.209. The van der Waals surface area contributed by atoms with Crippen LogP contribution in [-0.2, 0) is 19.9 Å². The van der Waals surface area contributed by atoms with Crippen LogP contribution < -0.4 is 17.0 Å². The summed E-state index contributed by atoms with van der Waals surface area (Å²) in [6.07, 6.45) is 1.87. The number of H-pyrrole nitrogens is 1. The minimum Gasteiger partial charge on any atom is -0.471 e. The molecule has 0 aromatic carbocycles. The van der Waals surface area contributed by atoms with E-state index in [0.717, 1.165) is 29.7 Å². The number of alkyl halides is 1. The van der Waals surface area contributed by atoms with Crippen molar-refractivity contribution in [1.82, 2.24) is 9.55 Å². The predicted octanol–water partition coefficient (Wildman–Crippen LogP) is -5.37. The number of nitrogens with zero attached hydrogens (tertiary/aromatic N) is 1. The van der Waals surface area contributed by atoms with Crippen molar-refractivity contribution in [3.8, 4) is 12.3 Å². The van der Waals surface area contributed by atoms with Gasteiger partial charge >= 0.3 is 11.7 Å². The molecule has 1 fully saturated rings. The van der Waals surface area contributed by atoms with Crippen LogP contribution in [0.1, 0.15) is 19.4 Å². The molecule has 1 aromatic heterocycles. The number of esters is 1. The van der Waals surface area contributed by atoms with E-state index in [2.05, 4.69) is 0 Å². The van der Waals surface area contributed by atoms with Crippen molar-refractivity contribution in [2.45, 2.75) is 49.0 Å². The van der Waals surface area contributed by atoms with Gasteiger partial charge in [-0.15, -0.1) is 6.42 Å². The second kappa shape index (κ2) is 7.74. The summed E-state index contributed by atoms with van der Waals surface area (Å²) >= 11 is 0. The van der Waals surface area contributed by atoms with Gasteiger partial charge in [0.15, 0.2) is 23.5 Å². The number of terminal acetylenes is 1. The Morgan fingerprint density at radius 2 is 2.03 bits per heavy atom. The molecule has 30 heavy (non-hydrogen) atoms. The maximum Gasteiger partial charge on any atom is 0.330 e. The van der Waals surface area contributed by atoms with E-state index in [9.17, 15) is 24.6 Å². The van der Waals surface area contributed by atoms with Gasteiger partial charge in [0.05, 0.1) is 0 Å². The van der Waals surface area contributed by atoms with E-state index in [0.29, 0.717) is 4.57 Å². The van der Waals surface area contributed by atoms with Crippen molar-refractivity contribution < 1.29 is 28.9 Å². The molecule has 1 saturated heterocycles. The highest BCUT2D eigenvalue weighted by Gasteiger charge is 2.69. The van der Waals surface area contributed by atoms with Gasteiger partial charge in [0.1, 0.15) is 34.8 Å². The topological polar surface area (TPSA) is 157 Å². The van der Waals surface area contributed by atoms with E-state index in [-0.39, 0.29) is 11.5 Å². The molecule has 0 bridgehead atoms.